The third-order valence-corrected chi connectivity index (χ3v) is 17.7. The molecule has 9 heteroatoms. The third-order valence-electron chi connectivity index (χ3n) is 17.7. The Morgan fingerprint density at radius 2 is 0.711 bits per heavy atom. The quantitative estimate of drug-likeness (QED) is 0.126. The molecule has 15 aromatic rings. The number of fused-ring (bicyclic) bond motifs is 7. The summed E-state index contributed by atoms with van der Waals surface area (Å²) in [7, 11) is 0. The van der Waals surface area contributed by atoms with E-state index in [1.54, 1.807) is 0 Å². The minimum atomic E-state index is 0.0476. The van der Waals surface area contributed by atoms with Crippen LogP contribution in [-0.4, -0.2) is 36.2 Å². The summed E-state index contributed by atoms with van der Waals surface area (Å²) in [6, 6.07) is 106. The summed E-state index contributed by atoms with van der Waals surface area (Å²) in [4.78, 5) is 32.0. The van der Waals surface area contributed by atoms with Crippen molar-refractivity contribution in [3.63, 3.8) is 0 Å². The van der Waals surface area contributed by atoms with Crippen LogP contribution in [0, 0.1) is 13.8 Å². The van der Waals surface area contributed by atoms with Gasteiger partial charge < -0.3 is 14.4 Å². The first kappa shape index (κ1) is 52.5. The van der Waals surface area contributed by atoms with Crippen LogP contribution in [-0.2, 0) is 0 Å². The summed E-state index contributed by atoms with van der Waals surface area (Å²) in [6.45, 7) is 4.36. The highest BCUT2D eigenvalue weighted by Gasteiger charge is 2.43. The summed E-state index contributed by atoms with van der Waals surface area (Å²) in [5.41, 5.74) is 25.3. The summed E-state index contributed by atoms with van der Waals surface area (Å²) >= 11 is 0. The topological polar surface area (TPSA) is 75.9 Å². The molecule has 3 aromatic heterocycles. The predicted molar refractivity (Wildman–Crippen MR) is 371 cm³/mol. The number of aryl methyl sites for hydroxylation is 2. The van der Waals surface area contributed by atoms with E-state index < -0.39 is 0 Å². The third kappa shape index (κ3) is 8.97. The van der Waals surface area contributed by atoms with Crippen LogP contribution in [0.3, 0.4) is 0 Å². The van der Waals surface area contributed by atoms with E-state index in [2.05, 4.69) is 271 Å². The average Bonchev–Trinajstić information content (AvgIpc) is 0.771. The van der Waals surface area contributed by atoms with E-state index in [0.717, 1.165) is 95.4 Å². The zero-order valence-electron chi connectivity index (χ0n) is 49.4. The van der Waals surface area contributed by atoms with Crippen molar-refractivity contribution in [2.75, 3.05) is 9.80 Å². The van der Waals surface area contributed by atoms with E-state index in [4.69, 9.17) is 24.9 Å². The lowest BCUT2D eigenvalue weighted by Gasteiger charge is -2.44. The minimum absolute atomic E-state index is 0.0476. The molecule has 0 saturated heterocycles. The Bertz CT molecular complexity index is 5190. The van der Waals surface area contributed by atoms with Crippen molar-refractivity contribution in [1.29, 1.82) is 0 Å². The highest BCUT2D eigenvalue weighted by molar-refractivity contribution is 7.00. The smallest absolute Gasteiger partial charge is 0.252 e. The molecule has 0 aliphatic carbocycles. The van der Waals surface area contributed by atoms with Gasteiger partial charge in [0.2, 0.25) is 0 Å². The molecular formula is C81H55BN8. The molecule has 0 amide bonds. The summed E-state index contributed by atoms with van der Waals surface area (Å²) in [5.74, 6) is 2.21. The second kappa shape index (κ2) is 21.6. The predicted octanol–water partition coefficient (Wildman–Crippen LogP) is 18.1. The number of aromatic nitrogens is 6. The Kier molecular flexibility index (Phi) is 12.6. The van der Waals surface area contributed by atoms with E-state index in [0.29, 0.717) is 23.3 Å². The highest BCUT2D eigenvalue weighted by Crippen LogP contribution is 2.45. The number of nitrogens with zero attached hydrogens (tertiary/aromatic N) is 8. The molecule has 0 saturated carbocycles. The average molecular weight is 1150 g/mol. The van der Waals surface area contributed by atoms with Gasteiger partial charge in [-0.1, -0.05) is 205 Å². The molecule has 422 valence electrons. The monoisotopic (exact) mass is 1150 g/mol. The van der Waals surface area contributed by atoms with Gasteiger partial charge in [0.1, 0.15) is 0 Å². The Morgan fingerprint density at radius 1 is 0.278 bits per heavy atom. The lowest BCUT2D eigenvalue weighted by atomic mass is 9.33. The van der Waals surface area contributed by atoms with Gasteiger partial charge in [-0.3, -0.25) is 0 Å². The highest BCUT2D eigenvalue weighted by atomic mass is 15.2. The zero-order valence-corrected chi connectivity index (χ0v) is 49.4. The Hall–Kier alpha value is -11.8. The fraction of sp³-hybridized carbons (Fsp3) is 0.0247. The van der Waals surface area contributed by atoms with Crippen molar-refractivity contribution in [3.05, 3.63) is 308 Å². The van der Waals surface area contributed by atoms with Crippen LogP contribution in [0.15, 0.2) is 297 Å². The van der Waals surface area contributed by atoms with Crippen molar-refractivity contribution < 1.29 is 0 Å². The maximum atomic E-state index is 5.58. The number of rotatable bonds is 10. The number of hydrogen-bond donors (Lipinski definition) is 0. The largest absolute Gasteiger partial charge is 0.311 e. The van der Waals surface area contributed by atoms with Gasteiger partial charge in [0.05, 0.1) is 28.1 Å². The first-order valence-electron chi connectivity index (χ1n) is 30.6. The number of anilines is 6. The van der Waals surface area contributed by atoms with Crippen molar-refractivity contribution in [1.82, 2.24) is 29.5 Å². The number of para-hydroxylation sites is 3. The number of hydrogen-bond acceptors (Lipinski definition) is 7. The Balaban J connectivity index is 0.835. The second-order valence-corrected chi connectivity index (χ2v) is 23.4. The molecule has 0 fully saturated rings. The van der Waals surface area contributed by atoms with Crippen molar-refractivity contribution in [3.8, 4) is 84.9 Å². The number of benzene rings is 12. The second-order valence-electron chi connectivity index (χ2n) is 23.4. The van der Waals surface area contributed by atoms with Gasteiger partial charge in [0, 0.05) is 78.3 Å². The van der Waals surface area contributed by atoms with Gasteiger partial charge in [0.15, 0.2) is 23.3 Å². The van der Waals surface area contributed by atoms with E-state index >= 15 is 0 Å². The molecule has 0 bridgehead atoms. The van der Waals surface area contributed by atoms with Crippen LogP contribution < -0.4 is 26.2 Å². The molecule has 17 rings (SSSR count). The summed E-state index contributed by atoms with van der Waals surface area (Å²) in [6.07, 6.45) is 0. The van der Waals surface area contributed by atoms with Gasteiger partial charge in [-0.15, -0.1) is 0 Å². The van der Waals surface area contributed by atoms with Gasteiger partial charge >= 0.3 is 0 Å². The molecule has 0 unspecified atom stereocenters. The summed E-state index contributed by atoms with van der Waals surface area (Å²) in [5, 5.41) is 2.35. The van der Waals surface area contributed by atoms with Gasteiger partial charge in [0.25, 0.3) is 6.71 Å². The lowest BCUT2D eigenvalue weighted by Crippen LogP contribution is -2.61. The fourth-order valence-electron chi connectivity index (χ4n) is 13.6. The molecule has 8 nitrogen and oxygen atoms in total. The molecule has 0 radical (unpaired) electrons. The molecule has 0 atom stereocenters. The molecule has 0 spiro atoms. The summed E-state index contributed by atoms with van der Waals surface area (Å²) < 4.78 is 2.36. The first-order chi connectivity index (χ1) is 44.4. The van der Waals surface area contributed by atoms with Gasteiger partial charge in [-0.05, 0) is 144 Å². The minimum Gasteiger partial charge on any atom is -0.311 e. The first-order valence-corrected chi connectivity index (χ1v) is 30.6. The van der Waals surface area contributed by atoms with E-state index in [1.165, 1.54) is 49.7 Å². The van der Waals surface area contributed by atoms with Crippen LogP contribution in [0.2, 0.25) is 0 Å². The van der Waals surface area contributed by atoms with Crippen LogP contribution >= 0.6 is 0 Å². The van der Waals surface area contributed by atoms with Crippen LogP contribution in [0.5, 0.6) is 0 Å². The fourth-order valence-corrected chi connectivity index (χ4v) is 13.6. The molecule has 0 N–H and O–H groups in total. The van der Waals surface area contributed by atoms with Crippen molar-refractivity contribution >= 4 is 79.0 Å². The van der Waals surface area contributed by atoms with Crippen LogP contribution in [0.25, 0.3) is 107 Å². The molecule has 90 heavy (non-hydrogen) atoms. The zero-order chi connectivity index (χ0) is 59.8. The molecular weight excluding hydrogens is 1100 g/mol. The standard InChI is InChI=1S/C81H55BN8/c1-52-40-43-70-63(46-52)64-47-53(2)41-44-71(64)90(70)72-45-42-60(79-83-68(54-22-7-3-8-23-54)51-69(84-79)55-24-9-4-10-25-55)50-65(72)81-86-78(56-26-11-5-12-27-56)85-80(87-81)59-30-19-28-57(48-59)58-29-20-33-62(49-58)89-74-37-18-16-35-67(74)82-66-34-15-17-36-73(66)88(61-31-13-6-14-32-61)75-38-21-39-76(89)77(75)82/h3-51H,1-2H3. The molecule has 5 heterocycles. The normalized spacial score (nSPS) is 12.3. The van der Waals surface area contributed by atoms with Crippen LogP contribution in [0.1, 0.15) is 11.1 Å². The SMILES string of the molecule is Cc1ccc2c(c1)c1cc(C)ccc1n2-c1ccc(-c2nc(-c3ccccc3)cc(-c3ccccc3)n2)cc1-c1nc(-c2ccccc2)nc(-c2cccc(-c3cccc(N4c5ccccc5B5c6ccccc6N(c6ccccc6)c6cccc4c65)c3)c2)n1. The Morgan fingerprint density at radius 3 is 1.32 bits per heavy atom. The van der Waals surface area contributed by atoms with E-state index in [9.17, 15) is 0 Å². The van der Waals surface area contributed by atoms with Crippen LogP contribution in [0.4, 0.5) is 34.1 Å². The maximum absolute atomic E-state index is 5.58. The van der Waals surface area contributed by atoms with Crippen molar-refractivity contribution in [2.45, 2.75) is 13.8 Å². The maximum Gasteiger partial charge on any atom is 0.252 e. The molecule has 12 aromatic carbocycles. The van der Waals surface area contributed by atoms with E-state index in [1.807, 2.05) is 54.6 Å². The molecule has 2 aliphatic heterocycles. The van der Waals surface area contributed by atoms with Gasteiger partial charge in [-0.25, -0.2) is 24.9 Å². The van der Waals surface area contributed by atoms with Crippen molar-refractivity contribution in [2.24, 2.45) is 0 Å². The Labute approximate surface area is 522 Å². The molecule has 2 aliphatic rings. The van der Waals surface area contributed by atoms with E-state index in [-0.39, 0.29) is 6.71 Å². The lowest BCUT2D eigenvalue weighted by molar-refractivity contribution is 1.06. The van der Waals surface area contributed by atoms with Gasteiger partial charge in [-0.2, -0.15) is 0 Å².